The van der Waals surface area contributed by atoms with Gasteiger partial charge in [-0.3, -0.25) is 14.4 Å². The van der Waals surface area contributed by atoms with E-state index in [1.54, 1.807) is 23.1 Å². The van der Waals surface area contributed by atoms with E-state index in [1.165, 1.54) is 6.92 Å². The molecule has 1 N–H and O–H groups in total. The van der Waals surface area contributed by atoms with Gasteiger partial charge in [0.25, 0.3) is 0 Å². The van der Waals surface area contributed by atoms with Crippen molar-refractivity contribution in [2.24, 2.45) is 5.92 Å². The largest absolute Gasteiger partial charge is 0.426 e. The summed E-state index contributed by atoms with van der Waals surface area (Å²) < 4.78 is 5.29. The maximum absolute atomic E-state index is 12.4. The summed E-state index contributed by atoms with van der Waals surface area (Å²) in [7, 11) is 0. The summed E-state index contributed by atoms with van der Waals surface area (Å²) >= 11 is 0. The van der Waals surface area contributed by atoms with Gasteiger partial charge >= 0.3 is 5.97 Å². The van der Waals surface area contributed by atoms with Crippen molar-refractivity contribution < 1.29 is 19.1 Å². The van der Waals surface area contributed by atoms with Gasteiger partial charge in [-0.05, 0) is 43.0 Å². The molecule has 1 unspecified atom stereocenters. The smallest absolute Gasteiger partial charge is 0.324 e. The van der Waals surface area contributed by atoms with Crippen LogP contribution in [0.5, 0.6) is 5.75 Å². The summed E-state index contributed by atoms with van der Waals surface area (Å²) in [5, 5.41) is 2.69. The average Bonchev–Trinajstić information content (AvgIpc) is 3.00. The first kappa shape index (κ1) is 14.6. The van der Waals surface area contributed by atoms with E-state index < -0.39 is 11.9 Å². The summed E-state index contributed by atoms with van der Waals surface area (Å²) in [6.07, 6.45) is 2.28. The number of likely N-dealkylation sites (tertiary alicyclic amines) is 1. The predicted molar refractivity (Wildman–Crippen MR) is 79.4 cm³/mol. The Balaban J connectivity index is 1.81. The van der Waals surface area contributed by atoms with Crippen LogP contribution in [0.4, 0.5) is 5.69 Å². The minimum Gasteiger partial charge on any atom is -0.426 e. The Hall–Kier alpha value is -2.37. The Labute approximate surface area is 128 Å². The molecule has 3 rings (SSSR count). The zero-order chi connectivity index (χ0) is 15.7. The van der Waals surface area contributed by atoms with E-state index in [0.717, 1.165) is 18.4 Å². The molecule has 1 fully saturated rings. The highest BCUT2D eigenvalue weighted by atomic mass is 16.5. The number of amides is 2. The average molecular weight is 302 g/mol. The normalized spacial score (nSPS) is 20.3. The Kier molecular flexibility index (Phi) is 3.83. The molecule has 0 aliphatic carbocycles. The van der Waals surface area contributed by atoms with Crippen LogP contribution in [0.15, 0.2) is 18.2 Å². The number of anilines is 1. The van der Waals surface area contributed by atoms with Gasteiger partial charge in [0.15, 0.2) is 0 Å². The first-order valence-electron chi connectivity index (χ1n) is 7.45. The number of carbonyl (C=O) groups excluding carboxylic acids is 3. The van der Waals surface area contributed by atoms with Crippen molar-refractivity contribution in [3.8, 4) is 5.75 Å². The zero-order valence-corrected chi connectivity index (χ0v) is 12.4. The summed E-state index contributed by atoms with van der Waals surface area (Å²) in [5.41, 5.74) is 1.40. The van der Waals surface area contributed by atoms with Crippen LogP contribution in [0.2, 0.25) is 0 Å². The monoisotopic (exact) mass is 302 g/mol. The molecular weight excluding hydrogens is 284 g/mol. The lowest BCUT2D eigenvalue weighted by molar-refractivity contribution is -0.150. The van der Waals surface area contributed by atoms with Gasteiger partial charge in [0.1, 0.15) is 11.7 Å². The van der Waals surface area contributed by atoms with Gasteiger partial charge in [-0.25, -0.2) is 0 Å². The molecule has 2 aliphatic heterocycles. The van der Waals surface area contributed by atoms with Gasteiger partial charge < -0.3 is 15.0 Å². The third kappa shape index (κ3) is 2.81. The van der Waals surface area contributed by atoms with E-state index in [4.69, 9.17) is 4.74 Å². The molecular formula is C16H18N2O4. The number of fused-ring (bicyclic) bond motifs is 1. The summed E-state index contributed by atoms with van der Waals surface area (Å²) in [6, 6.07) is 5.08. The molecule has 6 nitrogen and oxygen atoms in total. The Morgan fingerprint density at radius 2 is 2.00 bits per heavy atom. The molecule has 0 aromatic heterocycles. The molecule has 1 aromatic rings. The Bertz CT molecular complexity index is 635. The third-order valence-electron chi connectivity index (χ3n) is 4.02. The highest BCUT2D eigenvalue weighted by molar-refractivity contribution is 6.00. The van der Waals surface area contributed by atoms with E-state index in [9.17, 15) is 14.4 Å². The predicted octanol–water partition coefficient (Wildman–Crippen LogP) is 1.35. The number of hydrogen-bond donors (Lipinski definition) is 1. The van der Waals surface area contributed by atoms with E-state index >= 15 is 0 Å². The number of rotatable bonds is 2. The second-order valence-corrected chi connectivity index (χ2v) is 5.71. The van der Waals surface area contributed by atoms with Crippen molar-refractivity contribution in [1.82, 2.24) is 4.90 Å². The van der Waals surface area contributed by atoms with Crippen molar-refractivity contribution in [2.75, 3.05) is 18.4 Å². The fourth-order valence-electron chi connectivity index (χ4n) is 2.95. The fraction of sp³-hybridized carbons (Fsp3) is 0.438. The molecule has 0 saturated carbocycles. The molecule has 1 saturated heterocycles. The molecule has 1 atom stereocenters. The van der Waals surface area contributed by atoms with Crippen molar-refractivity contribution in [3.63, 3.8) is 0 Å². The lowest BCUT2D eigenvalue weighted by Crippen LogP contribution is -2.42. The molecule has 0 spiro atoms. The molecule has 22 heavy (non-hydrogen) atoms. The number of ether oxygens (including phenoxy) is 1. The number of nitrogens with zero attached hydrogens (tertiary/aromatic N) is 1. The minimum absolute atomic E-state index is 0.155. The van der Waals surface area contributed by atoms with Crippen molar-refractivity contribution in [2.45, 2.75) is 26.2 Å². The van der Waals surface area contributed by atoms with E-state index in [1.807, 2.05) is 0 Å². The number of nitrogens with one attached hydrogen (secondary N) is 1. The number of carbonyl (C=O) groups is 3. The highest BCUT2D eigenvalue weighted by Crippen LogP contribution is 2.31. The van der Waals surface area contributed by atoms with Crippen LogP contribution in [-0.2, 0) is 20.8 Å². The standard InChI is InChI=1S/C16H18N2O4/c1-10(19)17-12-4-5-14-11(8-12)9-13(16(21)22-14)15(20)18-6-2-3-7-18/h4-5,8,13H,2-3,6-7,9H2,1H3,(H,17,19). The van der Waals surface area contributed by atoms with E-state index in [2.05, 4.69) is 5.32 Å². The van der Waals surface area contributed by atoms with Gasteiger partial charge in [-0.1, -0.05) is 0 Å². The van der Waals surface area contributed by atoms with E-state index in [0.29, 0.717) is 30.9 Å². The fourth-order valence-corrected chi connectivity index (χ4v) is 2.95. The third-order valence-corrected chi connectivity index (χ3v) is 4.02. The van der Waals surface area contributed by atoms with Gasteiger partial charge in [-0.2, -0.15) is 0 Å². The highest BCUT2D eigenvalue weighted by Gasteiger charge is 2.37. The minimum atomic E-state index is -0.779. The second kappa shape index (κ2) is 5.79. The first-order chi connectivity index (χ1) is 10.5. The first-order valence-corrected chi connectivity index (χ1v) is 7.45. The number of benzene rings is 1. The summed E-state index contributed by atoms with van der Waals surface area (Å²) in [4.78, 5) is 37.4. The van der Waals surface area contributed by atoms with Crippen molar-refractivity contribution in [1.29, 1.82) is 0 Å². The molecule has 6 heteroatoms. The topological polar surface area (TPSA) is 75.7 Å². The molecule has 2 amide bonds. The lowest BCUT2D eigenvalue weighted by atomic mass is 9.94. The SMILES string of the molecule is CC(=O)Nc1ccc2c(c1)CC(C(=O)N1CCCC1)C(=O)O2. The van der Waals surface area contributed by atoms with Crippen LogP contribution in [0, 0.1) is 5.92 Å². The molecule has 116 valence electrons. The van der Waals surface area contributed by atoms with Gasteiger partial charge in [0.05, 0.1) is 0 Å². The summed E-state index contributed by atoms with van der Waals surface area (Å²) in [6.45, 7) is 2.85. The summed E-state index contributed by atoms with van der Waals surface area (Å²) in [5.74, 6) is -1.13. The van der Waals surface area contributed by atoms with Crippen LogP contribution in [0.1, 0.15) is 25.3 Å². The second-order valence-electron chi connectivity index (χ2n) is 5.71. The van der Waals surface area contributed by atoms with Crippen LogP contribution in [0.3, 0.4) is 0 Å². The van der Waals surface area contributed by atoms with Crippen LogP contribution < -0.4 is 10.1 Å². The number of esters is 1. The Morgan fingerprint density at radius 1 is 1.27 bits per heavy atom. The van der Waals surface area contributed by atoms with E-state index in [-0.39, 0.29) is 11.8 Å². The maximum Gasteiger partial charge on any atom is 0.324 e. The zero-order valence-electron chi connectivity index (χ0n) is 12.4. The molecule has 2 heterocycles. The number of hydrogen-bond acceptors (Lipinski definition) is 4. The van der Waals surface area contributed by atoms with Crippen LogP contribution in [-0.4, -0.2) is 35.8 Å². The van der Waals surface area contributed by atoms with Gasteiger partial charge in [0.2, 0.25) is 11.8 Å². The molecule has 0 bridgehead atoms. The molecule has 2 aliphatic rings. The van der Waals surface area contributed by atoms with Gasteiger partial charge in [0, 0.05) is 25.7 Å². The van der Waals surface area contributed by atoms with Crippen molar-refractivity contribution in [3.05, 3.63) is 23.8 Å². The van der Waals surface area contributed by atoms with Crippen LogP contribution in [0.25, 0.3) is 0 Å². The van der Waals surface area contributed by atoms with Crippen LogP contribution >= 0.6 is 0 Å². The van der Waals surface area contributed by atoms with Gasteiger partial charge in [-0.15, -0.1) is 0 Å². The molecule has 0 radical (unpaired) electrons. The quantitative estimate of drug-likeness (QED) is 0.508. The lowest BCUT2D eigenvalue weighted by Gasteiger charge is -2.26. The maximum atomic E-state index is 12.4. The Morgan fingerprint density at radius 3 is 2.68 bits per heavy atom. The molecule has 1 aromatic carbocycles. The van der Waals surface area contributed by atoms with Crippen molar-refractivity contribution >= 4 is 23.5 Å².